The van der Waals surface area contributed by atoms with Crippen molar-refractivity contribution in [3.63, 3.8) is 0 Å². The van der Waals surface area contributed by atoms with Crippen LogP contribution in [0.2, 0.25) is 0 Å². The molecule has 4 N–H and O–H groups in total. The predicted octanol–water partition coefficient (Wildman–Crippen LogP) is 0.742. The van der Waals surface area contributed by atoms with Gasteiger partial charge in [0.2, 0.25) is 5.95 Å². The summed E-state index contributed by atoms with van der Waals surface area (Å²) in [6, 6.07) is 0. The minimum Gasteiger partial charge on any atom is -0.369 e. The van der Waals surface area contributed by atoms with E-state index in [1.807, 2.05) is 6.92 Å². The van der Waals surface area contributed by atoms with E-state index in [-0.39, 0.29) is 17.4 Å². The molecule has 0 spiro atoms. The van der Waals surface area contributed by atoms with E-state index < -0.39 is 0 Å². The summed E-state index contributed by atoms with van der Waals surface area (Å²) in [7, 11) is 0. The molecule has 6 nitrogen and oxygen atoms in total. The Hall–Kier alpha value is -1.85. The maximum absolute atomic E-state index is 11.5. The molecule has 15 heavy (non-hydrogen) atoms. The van der Waals surface area contributed by atoms with Crippen molar-refractivity contribution < 1.29 is 0 Å². The molecule has 2 heterocycles. The Labute approximate surface area is 85.9 Å². The molecule has 0 aliphatic carbocycles. The minimum absolute atomic E-state index is 0.0923. The van der Waals surface area contributed by atoms with Crippen molar-refractivity contribution in [2.24, 2.45) is 0 Å². The Bertz CT molecular complexity index is 541. The second-order valence-electron chi connectivity index (χ2n) is 3.58. The molecule has 0 aromatic carbocycles. The molecule has 2 aromatic heterocycles. The zero-order valence-electron chi connectivity index (χ0n) is 8.66. The van der Waals surface area contributed by atoms with E-state index in [4.69, 9.17) is 5.73 Å². The molecule has 2 aromatic rings. The molecule has 0 bridgehead atoms. The van der Waals surface area contributed by atoms with Gasteiger partial charge in [0.25, 0.3) is 5.56 Å². The number of nitrogens with zero attached hydrogens (tertiary/aromatic N) is 2. The van der Waals surface area contributed by atoms with Gasteiger partial charge in [0.15, 0.2) is 11.2 Å². The van der Waals surface area contributed by atoms with Crippen molar-refractivity contribution in [3.05, 3.63) is 16.2 Å². The molecule has 0 radical (unpaired) electrons. The summed E-state index contributed by atoms with van der Waals surface area (Å²) in [6.45, 7) is 4.10. The first-order valence-electron chi connectivity index (χ1n) is 4.87. The summed E-state index contributed by atoms with van der Waals surface area (Å²) in [4.78, 5) is 25.1. The van der Waals surface area contributed by atoms with Crippen molar-refractivity contribution in [2.45, 2.75) is 26.2 Å². The van der Waals surface area contributed by atoms with Crippen LogP contribution < -0.4 is 11.3 Å². The number of hydrogen-bond donors (Lipinski definition) is 3. The fourth-order valence-corrected chi connectivity index (χ4v) is 1.37. The van der Waals surface area contributed by atoms with Crippen LogP contribution in [-0.4, -0.2) is 19.9 Å². The Morgan fingerprint density at radius 1 is 1.40 bits per heavy atom. The smallest absolute Gasteiger partial charge is 0.278 e. The normalized spacial score (nSPS) is 13.2. The SMILES string of the molecule is CCC(C)c1nc2nc(N)[nH]c(=O)c2[nH]1. The standard InChI is InChI=1S/C9H13N5O/c1-3-4(2)6-11-5-7(12-6)13-9(10)14-8(5)15/h4H,3H2,1-2H3,(H4,10,11,12,13,14,15). The van der Waals surface area contributed by atoms with E-state index in [1.165, 1.54) is 0 Å². The fourth-order valence-electron chi connectivity index (χ4n) is 1.37. The highest BCUT2D eigenvalue weighted by Crippen LogP contribution is 2.16. The number of hydrogen-bond acceptors (Lipinski definition) is 4. The van der Waals surface area contributed by atoms with Gasteiger partial charge in [-0.1, -0.05) is 13.8 Å². The summed E-state index contributed by atoms with van der Waals surface area (Å²) in [5.41, 5.74) is 5.91. The number of imidazole rings is 1. The van der Waals surface area contributed by atoms with Crippen molar-refractivity contribution >= 4 is 17.1 Å². The number of aromatic nitrogens is 4. The van der Waals surface area contributed by atoms with Crippen LogP contribution in [0.1, 0.15) is 32.0 Å². The van der Waals surface area contributed by atoms with Crippen molar-refractivity contribution in [2.75, 3.05) is 5.73 Å². The molecule has 0 saturated heterocycles. The first-order chi connectivity index (χ1) is 7.11. The predicted molar refractivity (Wildman–Crippen MR) is 57.6 cm³/mol. The van der Waals surface area contributed by atoms with Crippen LogP contribution in [0.4, 0.5) is 5.95 Å². The zero-order chi connectivity index (χ0) is 11.0. The molecule has 80 valence electrons. The lowest BCUT2D eigenvalue weighted by Crippen LogP contribution is -2.10. The van der Waals surface area contributed by atoms with E-state index in [2.05, 4.69) is 26.9 Å². The van der Waals surface area contributed by atoms with Crippen LogP contribution in [0, 0.1) is 0 Å². The molecule has 0 aliphatic heterocycles. The number of nitrogen functional groups attached to an aromatic ring is 1. The summed E-state index contributed by atoms with van der Waals surface area (Å²) < 4.78 is 0. The van der Waals surface area contributed by atoms with E-state index in [9.17, 15) is 4.79 Å². The van der Waals surface area contributed by atoms with Crippen molar-refractivity contribution in [1.82, 2.24) is 19.9 Å². The largest absolute Gasteiger partial charge is 0.369 e. The third-order valence-electron chi connectivity index (χ3n) is 2.48. The number of anilines is 1. The van der Waals surface area contributed by atoms with Crippen molar-refractivity contribution in [3.8, 4) is 0 Å². The zero-order valence-corrected chi connectivity index (χ0v) is 8.66. The lowest BCUT2D eigenvalue weighted by atomic mass is 10.1. The van der Waals surface area contributed by atoms with Gasteiger partial charge >= 0.3 is 0 Å². The maximum atomic E-state index is 11.5. The van der Waals surface area contributed by atoms with Gasteiger partial charge in [-0.25, -0.2) is 4.98 Å². The Kier molecular flexibility index (Phi) is 2.18. The van der Waals surface area contributed by atoms with Crippen molar-refractivity contribution in [1.29, 1.82) is 0 Å². The van der Waals surface area contributed by atoms with Gasteiger partial charge in [-0.15, -0.1) is 0 Å². The van der Waals surface area contributed by atoms with Gasteiger partial charge in [0, 0.05) is 5.92 Å². The summed E-state index contributed by atoms with van der Waals surface area (Å²) in [6.07, 6.45) is 0.952. The van der Waals surface area contributed by atoms with Crippen LogP contribution in [0.5, 0.6) is 0 Å². The van der Waals surface area contributed by atoms with Gasteiger partial charge in [-0.2, -0.15) is 4.98 Å². The fraction of sp³-hybridized carbons (Fsp3) is 0.444. The lowest BCUT2D eigenvalue weighted by Gasteiger charge is -2.01. The lowest BCUT2D eigenvalue weighted by molar-refractivity contribution is 0.691. The highest BCUT2D eigenvalue weighted by molar-refractivity contribution is 5.70. The van der Waals surface area contributed by atoms with Crippen LogP contribution in [0.25, 0.3) is 11.2 Å². The van der Waals surface area contributed by atoms with E-state index in [0.29, 0.717) is 11.2 Å². The van der Waals surface area contributed by atoms with Gasteiger partial charge in [-0.05, 0) is 6.42 Å². The highest BCUT2D eigenvalue weighted by atomic mass is 16.1. The number of rotatable bonds is 2. The number of nitrogens with one attached hydrogen (secondary N) is 2. The Morgan fingerprint density at radius 3 is 2.80 bits per heavy atom. The van der Waals surface area contributed by atoms with Crippen LogP contribution in [-0.2, 0) is 0 Å². The monoisotopic (exact) mass is 207 g/mol. The molecule has 0 saturated carbocycles. The Morgan fingerprint density at radius 2 is 2.13 bits per heavy atom. The second kappa shape index (κ2) is 3.38. The Balaban J connectivity index is 2.65. The van der Waals surface area contributed by atoms with Gasteiger partial charge < -0.3 is 10.7 Å². The topological polar surface area (TPSA) is 100 Å². The van der Waals surface area contributed by atoms with Gasteiger partial charge in [-0.3, -0.25) is 9.78 Å². The minimum atomic E-state index is -0.278. The number of fused-ring (bicyclic) bond motifs is 1. The molecule has 0 amide bonds. The highest BCUT2D eigenvalue weighted by Gasteiger charge is 2.12. The van der Waals surface area contributed by atoms with Gasteiger partial charge in [0.05, 0.1) is 0 Å². The van der Waals surface area contributed by atoms with E-state index in [0.717, 1.165) is 12.2 Å². The average molecular weight is 207 g/mol. The summed E-state index contributed by atoms with van der Waals surface area (Å²) in [5.74, 6) is 1.14. The van der Waals surface area contributed by atoms with E-state index >= 15 is 0 Å². The number of H-pyrrole nitrogens is 2. The van der Waals surface area contributed by atoms with Gasteiger partial charge in [0.1, 0.15) is 5.82 Å². The molecule has 1 atom stereocenters. The van der Waals surface area contributed by atoms with E-state index in [1.54, 1.807) is 0 Å². The first kappa shape index (κ1) is 9.70. The third-order valence-corrected chi connectivity index (χ3v) is 2.48. The summed E-state index contributed by atoms with van der Waals surface area (Å²) in [5, 5.41) is 0. The van der Waals surface area contributed by atoms with Crippen LogP contribution in [0.15, 0.2) is 4.79 Å². The number of nitrogens with two attached hydrogens (primary N) is 1. The first-order valence-corrected chi connectivity index (χ1v) is 4.87. The number of aromatic amines is 2. The molecular weight excluding hydrogens is 194 g/mol. The maximum Gasteiger partial charge on any atom is 0.278 e. The molecule has 0 fully saturated rings. The quantitative estimate of drug-likeness (QED) is 0.676. The summed E-state index contributed by atoms with van der Waals surface area (Å²) >= 11 is 0. The molecular formula is C9H13N5O. The molecule has 2 rings (SSSR count). The average Bonchev–Trinajstić information content (AvgIpc) is 2.60. The molecule has 0 aliphatic rings. The molecule has 1 unspecified atom stereocenters. The molecule has 6 heteroatoms. The second-order valence-corrected chi connectivity index (χ2v) is 3.58. The third kappa shape index (κ3) is 1.58. The van der Waals surface area contributed by atoms with Crippen LogP contribution >= 0.6 is 0 Å². The van der Waals surface area contributed by atoms with Crippen LogP contribution in [0.3, 0.4) is 0 Å².